The summed E-state index contributed by atoms with van der Waals surface area (Å²) in [5, 5.41) is 12.0. The van der Waals surface area contributed by atoms with Gasteiger partial charge in [0, 0.05) is 25.6 Å². The van der Waals surface area contributed by atoms with E-state index in [1.165, 1.54) is 19.3 Å². The Morgan fingerprint density at radius 1 is 1.26 bits per heavy atom. The van der Waals surface area contributed by atoms with Gasteiger partial charge in [0.1, 0.15) is 6.10 Å². The summed E-state index contributed by atoms with van der Waals surface area (Å²) < 4.78 is 17.4. The van der Waals surface area contributed by atoms with Crippen LogP contribution in [0.25, 0.3) is 0 Å². The van der Waals surface area contributed by atoms with Crippen LogP contribution in [0, 0.1) is 11.8 Å². The zero-order valence-electron chi connectivity index (χ0n) is 14.7. The highest BCUT2D eigenvalue weighted by atomic mass is 16.7. The molecule has 0 aliphatic carbocycles. The van der Waals surface area contributed by atoms with Gasteiger partial charge in [0.05, 0.1) is 12.7 Å². The number of rotatable bonds is 8. The first kappa shape index (κ1) is 18.9. The Kier molecular flexibility index (Phi) is 8.59. The molecule has 0 saturated carbocycles. The van der Waals surface area contributed by atoms with Crippen molar-refractivity contribution >= 4 is 0 Å². The molecule has 2 unspecified atom stereocenters. The van der Waals surface area contributed by atoms with Crippen molar-refractivity contribution in [3.05, 3.63) is 12.2 Å². The van der Waals surface area contributed by atoms with E-state index in [1.54, 1.807) is 0 Å². The zero-order chi connectivity index (χ0) is 16.5. The summed E-state index contributed by atoms with van der Waals surface area (Å²) in [5.41, 5.74) is 0. The molecule has 2 fully saturated rings. The van der Waals surface area contributed by atoms with E-state index in [2.05, 4.69) is 19.9 Å². The van der Waals surface area contributed by atoms with E-state index in [-0.39, 0.29) is 18.3 Å². The minimum Gasteiger partial charge on any atom is -0.381 e. The van der Waals surface area contributed by atoms with Crippen LogP contribution in [-0.4, -0.2) is 38.3 Å². The highest BCUT2D eigenvalue weighted by molar-refractivity contribution is 4.99. The van der Waals surface area contributed by atoms with E-state index in [9.17, 15) is 5.11 Å². The predicted molar refractivity (Wildman–Crippen MR) is 89.7 cm³/mol. The molecule has 0 aromatic heterocycles. The van der Waals surface area contributed by atoms with Crippen LogP contribution in [0.2, 0.25) is 0 Å². The molecular formula is C19H33O4. The summed E-state index contributed by atoms with van der Waals surface area (Å²) in [4.78, 5) is 0. The average Bonchev–Trinajstić information content (AvgIpc) is 2.58. The molecule has 2 aliphatic rings. The van der Waals surface area contributed by atoms with Gasteiger partial charge in [-0.15, -0.1) is 0 Å². The molecule has 133 valence electrons. The van der Waals surface area contributed by atoms with Gasteiger partial charge in [0.2, 0.25) is 0 Å². The molecule has 0 bridgehead atoms. The molecule has 2 saturated heterocycles. The summed E-state index contributed by atoms with van der Waals surface area (Å²) in [7, 11) is 0. The first-order chi connectivity index (χ1) is 11.2. The fourth-order valence-electron chi connectivity index (χ4n) is 3.23. The Morgan fingerprint density at radius 3 is 2.83 bits per heavy atom. The van der Waals surface area contributed by atoms with Gasteiger partial charge in [-0.25, -0.2) is 5.11 Å². The molecule has 1 radical (unpaired) electrons. The Labute approximate surface area is 141 Å². The minimum atomic E-state index is -0.544. The van der Waals surface area contributed by atoms with Gasteiger partial charge in [-0.3, -0.25) is 0 Å². The molecule has 5 atom stereocenters. The van der Waals surface area contributed by atoms with E-state index in [0.29, 0.717) is 25.6 Å². The van der Waals surface area contributed by atoms with Crippen molar-refractivity contribution < 1.29 is 19.3 Å². The van der Waals surface area contributed by atoms with Gasteiger partial charge in [-0.1, -0.05) is 38.8 Å². The molecule has 0 aromatic rings. The number of hydrogen-bond acceptors (Lipinski definition) is 3. The third kappa shape index (κ3) is 6.54. The van der Waals surface area contributed by atoms with Crippen LogP contribution in [0.3, 0.4) is 0 Å². The predicted octanol–water partition coefficient (Wildman–Crippen LogP) is 4.12. The van der Waals surface area contributed by atoms with Gasteiger partial charge < -0.3 is 14.2 Å². The molecule has 4 heteroatoms. The minimum absolute atomic E-state index is 0.0266. The van der Waals surface area contributed by atoms with Crippen LogP contribution < -0.4 is 0 Å². The molecule has 2 heterocycles. The Bertz CT molecular complexity index is 338. The molecular weight excluding hydrogens is 292 g/mol. The lowest BCUT2D eigenvalue weighted by molar-refractivity contribution is -0.187. The molecule has 23 heavy (non-hydrogen) atoms. The Morgan fingerprint density at radius 2 is 2.13 bits per heavy atom. The molecule has 2 aliphatic heterocycles. The van der Waals surface area contributed by atoms with Crippen LogP contribution in [0.4, 0.5) is 0 Å². The van der Waals surface area contributed by atoms with Crippen molar-refractivity contribution in [2.45, 2.75) is 77.3 Å². The quantitative estimate of drug-likeness (QED) is 0.631. The SMILES string of the molecule is CCCCC(C)[C@@H](C=C[C@@H]1COCC[C@H]1[O])OC1CCCCO1. The second-order valence-corrected chi connectivity index (χ2v) is 6.97. The summed E-state index contributed by atoms with van der Waals surface area (Å²) in [6, 6.07) is 0. The number of unbranched alkanes of at least 4 members (excludes halogenated alkanes) is 1. The van der Waals surface area contributed by atoms with Crippen molar-refractivity contribution in [1.29, 1.82) is 0 Å². The summed E-state index contributed by atoms with van der Waals surface area (Å²) in [6.45, 7) is 6.38. The second kappa shape index (κ2) is 10.4. The Hall–Kier alpha value is -0.420. The van der Waals surface area contributed by atoms with Gasteiger partial charge in [0.25, 0.3) is 0 Å². The van der Waals surface area contributed by atoms with Gasteiger partial charge in [-0.2, -0.15) is 0 Å². The standard InChI is InChI=1S/C19H33O4/c1-3-4-7-15(2)18(23-19-8-5-6-12-22-19)10-9-16-14-21-13-11-17(16)20/h9-10,15-19H,3-8,11-14H2,1-2H3/t15?,16-,17-,18-,19?/m1/s1. The molecule has 0 N–H and O–H groups in total. The highest BCUT2D eigenvalue weighted by Gasteiger charge is 2.25. The van der Waals surface area contributed by atoms with E-state index >= 15 is 0 Å². The van der Waals surface area contributed by atoms with Crippen molar-refractivity contribution in [2.24, 2.45) is 11.8 Å². The van der Waals surface area contributed by atoms with Crippen LogP contribution in [0.15, 0.2) is 12.2 Å². The first-order valence-corrected chi connectivity index (χ1v) is 9.39. The van der Waals surface area contributed by atoms with Crippen LogP contribution in [0.1, 0.15) is 58.8 Å². The summed E-state index contributed by atoms with van der Waals surface area (Å²) >= 11 is 0. The normalized spacial score (nSPS) is 32.0. The Balaban J connectivity index is 1.93. The summed E-state index contributed by atoms with van der Waals surface area (Å²) in [5.74, 6) is 0.409. The van der Waals surface area contributed by atoms with Crippen molar-refractivity contribution in [1.82, 2.24) is 0 Å². The van der Waals surface area contributed by atoms with Crippen molar-refractivity contribution in [2.75, 3.05) is 19.8 Å². The largest absolute Gasteiger partial charge is 0.381 e. The third-order valence-electron chi connectivity index (χ3n) is 4.90. The maximum atomic E-state index is 12.0. The van der Waals surface area contributed by atoms with E-state index in [4.69, 9.17) is 14.2 Å². The average molecular weight is 325 g/mol. The second-order valence-electron chi connectivity index (χ2n) is 6.97. The van der Waals surface area contributed by atoms with Gasteiger partial charge in [-0.05, 0) is 31.6 Å². The lowest BCUT2D eigenvalue weighted by Gasteiger charge is -2.30. The van der Waals surface area contributed by atoms with Gasteiger partial charge >= 0.3 is 0 Å². The van der Waals surface area contributed by atoms with Crippen molar-refractivity contribution in [3.63, 3.8) is 0 Å². The topological polar surface area (TPSA) is 47.6 Å². The van der Waals surface area contributed by atoms with Crippen molar-refractivity contribution in [3.8, 4) is 0 Å². The molecule has 0 aromatic carbocycles. The first-order valence-electron chi connectivity index (χ1n) is 9.39. The lowest BCUT2D eigenvalue weighted by atomic mass is 9.93. The summed E-state index contributed by atoms with van der Waals surface area (Å²) in [6.07, 6.45) is 10.9. The number of ether oxygens (including phenoxy) is 3. The molecule has 0 spiro atoms. The van der Waals surface area contributed by atoms with E-state index in [1.807, 2.05) is 6.08 Å². The van der Waals surface area contributed by atoms with E-state index in [0.717, 1.165) is 25.9 Å². The molecule has 2 rings (SSSR count). The molecule has 0 amide bonds. The monoisotopic (exact) mass is 325 g/mol. The maximum Gasteiger partial charge on any atom is 0.158 e. The van der Waals surface area contributed by atoms with Gasteiger partial charge in [0.15, 0.2) is 6.29 Å². The van der Waals surface area contributed by atoms with Crippen LogP contribution in [0.5, 0.6) is 0 Å². The fraction of sp³-hybridized carbons (Fsp3) is 0.895. The molecule has 4 nitrogen and oxygen atoms in total. The highest BCUT2D eigenvalue weighted by Crippen LogP contribution is 2.24. The van der Waals surface area contributed by atoms with Crippen LogP contribution in [-0.2, 0) is 19.3 Å². The fourth-order valence-corrected chi connectivity index (χ4v) is 3.23. The van der Waals surface area contributed by atoms with E-state index < -0.39 is 6.10 Å². The smallest absolute Gasteiger partial charge is 0.158 e. The van der Waals surface area contributed by atoms with Crippen LogP contribution >= 0.6 is 0 Å². The third-order valence-corrected chi connectivity index (χ3v) is 4.90. The zero-order valence-corrected chi connectivity index (χ0v) is 14.7. The number of hydrogen-bond donors (Lipinski definition) is 0. The maximum absolute atomic E-state index is 12.0. The lowest BCUT2D eigenvalue weighted by Crippen LogP contribution is -2.32.